The largest absolute Gasteiger partial charge is 2.00 e. The molecule has 1 aliphatic heterocycles. The van der Waals surface area contributed by atoms with Crippen molar-refractivity contribution in [3.8, 4) is 0 Å². The minimum atomic E-state index is -1.08. The molecule has 0 aliphatic carbocycles. The number of aliphatic carboxylic acids is 2. The van der Waals surface area contributed by atoms with E-state index < -0.39 is 11.9 Å². The summed E-state index contributed by atoms with van der Waals surface area (Å²) in [5.74, 6) is -2.17. The Hall–Kier alpha value is -0.581. The number of carbonyl (C=O) groups excluding carboxylic acids is 2. The second-order valence-corrected chi connectivity index (χ2v) is 2.30. The average Bonchev–Trinajstić information content (AvgIpc) is 2.35. The third-order valence-corrected chi connectivity index (χ3v) is 0.827. The van der Waals surface area contributed by atoms with E-state index in [4.69, 9.17) is 24.5 Å². The zero-order chi connectivity index (χ0) is 10.7. The molecule has 14 heavy (non-hydrogen) atoms. The summed E-state index contributed by atoms with van der Waals surface area (Å²) in [5, 5.41) is 17.8. The van der Waals surface area contributed by atoms with Crippen molar-refractivity contribution in [2.45, 2.75) is 26.7 Å². The van der Waals surface area contributed by atoms with Gasteiger partial charge in [-0.3, -0.25) is 0 Å². The van der Waals surface area contributed by atoms with Crippen molar-refractivity contribution in [2.24, 2.45) is 0 Å². The Labute approximate surface area is 93.9 Å². The minimum absolute atomic E-state index is 0. The van der Waals surface area contributed by atoms with Crippen LogP contribution in [0.15, 0.2) is 0 Å². The summed E-state index contributed by atoms with van der Waals surface area (Å²) in [6.45, 7) is 3.94. The molecule has 1 rings (SSSR count). The van der Waals surface area contributed by atoms with Gasteiger partial charge in [-0.05, 0) is 26.7 Å². The normalized spacial score (nSPS) is 12.1. The number of hydrogen-bond acceptors (Lipinski definition) is 5. The first kappa shape index (κ1) is 19.1. The Morgan fingerprint density at radius 1 is 1.00 bits per heavy atom. The summed E-state index contributed by atoms with van der Waals surface area (Å²) in [4.78, 5) is 17.8. The zero-order valence-corrected chi connectivity index (χ0v) is 9.11. The molecule has 0 bridgehead atoms. The van der Waals surface area contributed by atoms with Gasteiger partial charge in [0.2, 0.25) is 0 Å². The monoisotopic (exact) mass is 253 g/mol. The standard InChI is InChI=1S/C4H8O.2C2H4O2.Cu/c1-2-4-5-3-1;2*1-2(3)4;/h1-4H2;2*1H3,(H,3,4);/q;;;+2/p-2. The van der Waals surface area contributed by atoms with Gasteiger partial charge in [0.05, 0.1) is 0 Å². The maximum absolute atomic E-state index is 8.89. The summed E-state index contributed by atoms with van der Waals surface area (Å²) in [6, 6.07) is 0. The predicted molar refractivity (Wildman–Crippen MR) is 41.4 cm³/mol. The van der Waals surface area contributed by atoms with Gasteiger partial charge < -0.3 is 24.5 Å². The fraction of sp³-hybridized carbons (Fsp3) is 0.750. The van der Waals surface area contributed by atoms with E-state index in [1.165, 1.54) is 12.8 Å². The first-order valence-electron chi connectivity index (χ1n) is 3.89. The fourth-order valence-electron chi connectivity index (χ4n) is 0.510. The summed E-state index contributed by atoms with van der Waals surface area (Å²) < 4.78 is 4.94. The number of rotatable bonds is 0. The van der Waals surface area contributed by atoms with Crippen molar-refractivity contribution in [1.82, 2.24) is 0 Å². The summed E-state index contributed by atoms with van der Waals surface area (Å²) in [6.07, 6.45) is 2.56. The minimum Gasteiger partial charge on any atom is -0.550 e. The smallest absolute Gasteiger partial charge is 0.550 e. The first-order chi connectivity index (χ1) is 5.96. The van der Waals surface area contributed by atoms with Gasteiger partial charge in [0.1, 0.15) is 0 Å². The van der Waals surface area contributed by atoms with Gasteiger partial charge in [-0.15, -0.1) is 0 Å². The van der Waals surface area contributed by atoms with Crippen LogP contribution in [0.1, 0.15) is 26.7 Å². The van der Waals surface area contributed by atoms with E-state index in [0.717, 1.165) is 27.1 Å². The van der Waals surface area contributed by atoms with E-state index in [1.807, 2.05) is 0 Å². The Morgan fingerprint density at radius 3 is 1.29 bits per heavy atom. The molecule has 0 atom stereocenters. The van der Waals surface area contributed by atoms with Gasteiger partial charge >= 0.3 is 17.1 Å². The Morgan fingerprint density at radius 2 is 1.21 bits per heavy atom. The maximum atomic E-state index is 8.89. The van der Waals surface area contributed by atoms with Crippen LogP contribution in [0.5, 0.6) is 0 Å². The van der Waals surface area contributed by atoms with Gasteiger partial charge in [-0.1, -0.05) is 0 Å². The molecule has 1 heterocycles. The maximum Gasteiger partial charge on any atom is 2.00 e. The topological polar surface area (TPSA) is 89.5 Å². The van der Waals surface area contributed by atoms with E-state index in [1.54, 1.807) is 0 Å². The molecule has 5 nitrogen and oxygen atoms in total. The van der Waals surface area contributed by atoms with Crippen LogP contribution in [0.4, 0.5) is 0 Å². The molecule has 0 spiro atoms. The van der Waals surface area contributed by atoms with Crippen LogP contribution >= 0.6 is 0 Å². The Bertz CT molecular complexity index is 117. The van der Waals surface area contributed by atoms with Crippen molar-refractivity contribution in [1.29, 1.82) is 0 Å². The average molecular weight is 254 g/mol. The molecule has 0 aromatic heterocycles. The van der Waals surface area contributed by atoms with Crippen molar-refractivity contribution in [3.63, 3.8) is 0 Å². The van der Waals surface area contributed by atoms with E-state index in [9.17, 15) is 0 Å². The molecule has 87 valence electrons. The third kappa shape index (κ3) is 63.5. The molecule has 0 saturated carbocycles. The fourth-order valence-corrected chi connectivity index (χ4v) is 0.510. The summed E-state index contributed by atoms with van der Waals surface area (Å²) in [5.41, 5.74) is 0. The second kappa shape index (κ2) is 14.9. The Balaban J connectivity index is -0.000000127. The van der Waals surface area contributed by atoms with E-state index in [-0.39, 0.29) is 17.1 Å². The molecule has 1 aliphatic rings. The van der Waals surface area contributed by atoms with Gasteiger partial charge in [0.15, 0.2) is 0 Å². The van der Waals surface area contributed by atoms with Gasteiger partial charge in [-0.2, -0.15) is 0 Å². The van der Waals surface area contributed by atoms with Crippen molar-refractivity contribution in [3.05, 3.63) is 0 Å². The van der Waals surface area contributed by atoms with Crippen LogP contribution in [-0.2, 0) is 31.4 Å². The zero-order valence-electron chi connectivity index (χ0n) is 8.17. The predicted octanol–water partition coefficient (Wildman–Crippen LogP) is -1.69. The van der Waals surface area contributed by atoms with Crippen molar-refractivity contribution < 1.29 is 41.6 Å². The third-order valence-electron chi connectivity index (χ3n) is 0.827. The molecule has 1 saturated heterocycles. The summed E-state index contributed by atoms with van der Waals surface area (Å²) in [7, 11) is 0. The SMILES string of the molecule is C1CCOC1.CC(=O)[O-].CC(=O)[O-].[Cu+2]. The number of carboxylic acids is 2. The quantitative estimate of drug-likeness (QED) is 0.481. The molecule has 6 heteroatoms. The first-order valence-corrected chi connectivity index (χ1v) is 3.89. The van der Waals surface area contributed by atoms with Gasteiger partial charge in [0.25, 0.3) is 0 Å². The second-order valence-electron chi connectivity index (χ2n) is 2.30. The molecular formula is C8H14CuO5. The number of carbonyl (C=O) groups is 2. The van der Waals surface area contributed by atoms with Crippen LogP contribution < -0.4 is 10.2 Å². The van der Waals surface area contributed by atoms with E-state index in [0.29, 0.717) is 0 Å². The molecular weight excluding hydrogens is 240 g/mol. The van der Waals surface area contributed by atoms with Crippen LogP contribution in [-0.4, -0.2) is 25.2 Å². The molecule has 1 fully saturated rings. The van der Waals surface area contributed by atoms with Gasteiger partial charge in [0, 0.05) is 25.2 Å². The van der Waals surface area contributed by atoms with Crippen LogP contribution in [0.3, 0.4) is 0 Å². The number of hydrogen-bond donors (Lipinski definition) is 0. The summed E-state index contributed by atoms with van der Waals surface area (Å²) >= 11 is 0. The van der Waals surface area contributed by atoms with Crippen LogP contribution in [0.25, 0.3) is 0 Å². The van der Waals surface area contributed by atoms with Crippen LogP contribution in [0, 0.1) is 0 Å². The van der Waals surface area contributed by atoms with Crippen LogP contribution in [0.2, 0.25) is 0 Å². The molecule has 0 aromatic rings. The van der Waals surface area contributed by atoms with E-state index in [2.05, 4.69) is 0 Å². The molecule has 1 radical (unpaired) electrons. The van der Waals surface area contributed by atoms with Gasteiger partial charge in [-0.25, -0.2) is 0 Å². The van der Waals surface area contributed by atoms with Crippen molar-refractivity contribution in [2.75, 3.05) is 13.2 Å². The Kier molecular flexibility index (Phi) is 20.3. The number of ether oxygens (including phenoxy) is 1. The molecule has 0 N–H and O–H groups in total. The molecule has 0 amide bonds. The van der Waals surface area contributed by atoms with Crippen molar-refractivity contribution >= 4 is 11.9 Å². The molecule has 0 unspecified atom stereocenters. The molecule has 0 aromatic carbocycles. The number of carboxylic acid groups (broad SMARTS) is 2. The van der Waals surface area contributed by atoms with E-state index >= 15 is 0 Å².